The zero-order chi connectivity index (χ0) is 15.0. The normalized spacial score (nSPS) is 13.6. The largest absolute Gasteiger partial charge is 0.384 e. The number of fused-ring (bicyclic) bond motifs is 1. The van der Waals surface area contributed by atoms with Crippen LogP contribution in [0.15, 0.2) is 41.3 Å². The van der Waals surface area contributed by atoms with Crippen molar-refractivity contribution in [1.82, 2.24) is 0 Å². The van der Waals surface area contributed by atoms with E-state index in [1.807, 2.05) is 0 Å². The van der Waals surface area contributed by atoms with Crippen LogP contribution in [0.2, 0.25) is 0 Å². The Hall–Kier alpha value is -2.15. The maximum Gasteiger partial charge on any atom is 0.261 e. The molecule has 110 valence electrons. The van der Waals surface area contributed by atoms with Crippen molar-refractivity contribution in [2.45, 2.75) is 11.3 Å². The monoisotopic (exact) mass is 310 g/mol. The summed E-state index contributed by atoms with van der Waals surface area (Å²) in [5.74, 6) is -2.13. The van der Waals surface area contributed by atoms with Gasteiger partial charge in [0.1, 0.15) is 0 Å². The minimum Gasteiger partial charge on any atom is -0.384 e. The predicted octanol–water partition coefficient (Wildman–Crippen LogP) is 2.73. The Morgan fingerprint density at radius 2 is 1.86 bits per heavy atom. The van der Waals surface area contributed by atoms with Crippen molar-refractivity contribution in [3.8, 4) is 0 Å². The van der Waals surface area contributed by atoms with Gasteiger partial charge < -0.3 is 5.32 Å². The number of sulfonamides is 1. The molecule has 4 nitrogen and oxygen atoms in total. The quantitative estimate of drug-likeness (QED) is 0.916. The van der Waals surface area contributed by atoms with Crippen molar-refractivity contribution in [2.75, 3.05) is 16.6 Å². The number of rotatable bonds is 3. The highest BCUT2D eigenvalue weighted by molar-refractivity contribution is 7.92. The minimum absolute atomic E-state index is 0.0256. The molecule has 0 saturated heterocycles. The maximum absolute atomic E-state index is 13.1. The lowest BCUT2D eigenvalue weighted by molar-refractivity contribution is 0.509. The van der Waals surface area contributed by atoms with E-state index in [-0.39, 0.29) is 10.6 Å². The molecule has 2 N–H and O–H groups in total. The van der Waals surface area contributed by atoms with Crippen LogP contribution in [-0.4, -0.2) is 15.0 Å². The SMILES string of the molecule is O=S(=O)(Nc1ccc(F)c(F)c1)c1ccc2c(c1)NCC2. The van der Waals surface area contributed by atoms with E-state index < -0.39 is 21.7 Å². The molecule has 0 amide bonds. The molecule has 0 fully saturated rings. The first-order valence-corrected chi connectivity index (χ1v) is 7.79. The van der Waals surface area contributed by atoms with Crippen LogP contribution in [0.4, 0.5) is 20.2 Å². The number of hydrogen-bond donors (Lipinski definition) is 2. The lowest BCUT2D eigenvalue weighted by Crippen LogP contribution is -2.13. The fraction of sp³-hybridized carbons (Fsp3) is 0.143. The van der Waals surface area contributed by atoms with Gasteiger partial charge in [-0.2, -0.15) is 0 Å². The highest BCUT2D eigenvalue weighted by Gasteiger charge is 2.18. The van der Waals surface area contributed by atoms with Crippen LogP contribution in [0.3, 0.4) is 0 Å². The van der Waals surface area contributed by atoms with Crippen LogP contribution in [0.5, 0.6) is 0 Å². The molecule has 0 unspecified atom stereocenters. The lowest BCUT2D eigenvalue weighted by atomic mass is 10.2. The van der Waals surface area contributed by atoms with Gasteiger partial charge in [0.25, 0.3) is 10.0 Å². The average Bonchev–Trinajstić information content (AvgIpc) is 2.90. The highest BCUT2D eigenvalue weighted by Crippen LogP contribution is 2.26. The summed E-state index contributed by atoms with van der Waals surface area (Å²) in [6.45, 7) is 0.773. The molecule has 0 aromatic heterocycles. The molecule has 3 rings (SSSR count). The van der Waals surface area contributed by atoms with Gasteiger partial charge >= 0.3 is 0 Å². The van der Waals surface area contributed by atoms with E-state index in [1.54, 1.807) is 6.07 Å². The predicted molar refractivity (Wildman–Crippen MR) is 75.8 cm³/mol. The average molecular weight is 310 g/mol. The second-order valence-corrected chi connectivity index (χ2v) is 6.41. The molecule has 7 heteroatoms. The molecule has 0 saturated carbocycles. The molecule has 1 heterocycles. The first-order chi connectivity index (χ1) is 9.95. The van der Waals surface area contributed by atoms with Crippen molar-refractivity contribution >= 4 is 21.4 Å². The van der Waals surface area contributed by atoms with E-state index in [2.05, 4.69) is 10.0 Å². The zero-order valence-electron chi connectivity index (χ0n) is 10.9. The molecular weight excluding hydrogens is 298 g/mol. The Morgan fingerprint density at radius 3 is 2.62 bits per heavy atom. The first-order valence-electron chi connectivity index (χ1n) is 6.30. The van der Waals surface area contributed by atoms with Gasteiger partial charge in [0.15, 0.2) is 11.6 Å². The summed E-state index contributed by atoms with van der Waals surface area (Å²) in [7, 11) is -3.84. The van der Waals surface area contributed by atoms with Crippen molar-refractivity contribution in [3.63, 3.8) is 0 Å². The summed E-state index contributed by atoms with van der Waals surface area (Å²) in [5, 5.41) is 3.09. The molecule has 2 aromatic rings. The van der Waals surface area contributed by atoms with Gasteiger partial charge in [-0.05, 0) is 36.2 Å². The van der Waals surface area contributed by atoms with Crippen molar-refractivity contribution in [3.05, 3.63) is 53.6 Å². The van der Waals surface area contributed by atoms with Gasteiger partial charge in [-0.3, -0.25) is 4.72 Å². The third-order valence-electron chi connectivity index (χ3n) is 3.27. The summed E-state index contributed by atoms with van der Waals surface area (Å²) >= 11 is 0. The van der Waals surface area contributed by atoms with Crippen LogP contribution in [0.25, 0.3) is 0 Å². The highest BCUT2D eigenvalue weighted by atomic mass is 32.2. The van der Waals surface area contributed by atoms with E-state index in [0.29, 0.717) is 0 Å². The van der Waals surface area contributed by atoms with Crippen LogP contribution in [-0.2, 0) is 16.4 Å². The summed E-state index contributed by atoms with van der Waals surface area (Å²) in [4.78, 5) is 0.0698. The van der Waals surface area contributed by atoms with Gasteiger partial charge in [-0.15, -0.1) is 0 Å². The molecule has 2 aromatic carbocycles. The molecule has 1 aliphatic rings. The smallest absolute Gasteiger partial charge is 0.261 e. The van der Waals surface area contributed by atoms with E-state index in [1.165, 1.54) is 18.2 Å². The third-order valence-corrected chi connectivity index (χ3v) is 4.65. The van der Waals surface area contributed by atoms with E-state index in [9.17, 15) is 17.2 Å². The Labute approximate surface area is 120 Å². The number of hydrogen-bond acceptors (Lipinski definition) is 3. The van der Waals surface area contributed by atoms with Gasteiger partial charge in [-0.1, -0.05) is 6.07 Å². The molecule has 0 aliphatic carbocycles. The van der Waals surface area contributed by atoms with Crippen molar-refractivity contribution in [2.24, 2.45) is 0 Å². The van der Waals surface area contributed by atoms with Gasteiger partial charge in [0.2, 0.25) is 0 Å². The van der Waals surface area contributed by atoms with Gasteiger partial charge in [-0.25, -0.2) is 17.2 Å². The standard InChI is InChI=1S/C14H12F2N2O2S/c15-12-4-2-10(7-13(12)16)18-21(19,20)11-3-1-9-5-6-17-14(9)8-11/h1-4,7-8,17-18H,5-6H2. The fourth-order valence-corrected chi connectivity index (χ4v) is 3.29. The second-order valence-electron chi connectivity index (χ2n) is 4.73. The van der Waals surface area contributed by atoms with Gasteiger partial charge in [0.05, 0.1) is 10.6 Å². The number of benzene rings is 2. The summed E-state index contributed by atoms with van der Waals surface area (Å²) in [6, 6.07) is 7.62. The molecule has 0 atom stereocenters. The van der Waals surface area contributed by atoms with E-state index in [4.69, 9.17) is 0 Å². The molecular formula is C14H12F2N2O2S. The minimum atomic E-state index is -3.84. The van der Waals surface area contributed by atoms with Crippen molar-refractivity contribution in [1.29, 1.82) is 0 Å². The summed E-state index contributed by atoms with van der Waals surface area (Å²) in [6.07, 6.45) is 0.853. The zero-order valence-corrected chi connectivity index (χ0v) is 11.7. The maximum atomic E-state index is 13.1. The van der Waals surface area contributed by atoms with Crippen LogP contribution in [0, 0.1) is 11.6 Å². The molecule has 0 spiro atoms. The number of anilines is 2. The Kier molecular flexibility index (Phi) is 3.29. The molecule has 1 aliphatic heterocycles. The lowest BCUT2D eigenvalue weighted by Gasteiger charge is -2.10. The second kappa shape index (κ2) is 5.00. The Morgan fingerprint density at radius 1 is 1.05 bits per heavy atom. The summed E-state index contributed by atoms with van der Waals surface area (Å²) < 4.78 is 52.7. The number of halogens is 2. The number of nitrogens with one attached hydrogen (secondary N) is 2. The van der Waals surface area contributed by atoms with Crippen LogP contribution in [0.1, 0.15) is 5.56 Å². The fourth-order valence-electron chi connectivity index (χ4n) is 2.21. The molecule has 0 radical (unpaired) electrons. The summed E-state index contributed by atoms with van der Waals surface area (Å²) in [5.41, 5.74) is 1.81. The van der Waals surface area contributed by atoms with Crippen LogP contribution < -0.4 is 10.0 Å². The van der Waals surface area contributed by atoms with E-state index >= 15 is 0 Å². The van der Waals surface area contributed by atoms with Crippen molar-refractivity contribution < 1.29 is 17.2 Å². The topological polar surface area (TPSA) is 58.2 Å². The Balaban J connectivity index is 1.91. The van der Waals surface area contributed by atoms with E-state index in [0.717, 1.165) is 36.3 Å². The molecule has 0 bridgehead atoms. The third kappa shape index (κ3) is 2.69. The Bertz CT molecular complexity index is 807. The van der Waals surface area contributed by atoms with Crippen LogP contribution >= 0.6 is 0 Å². The molecule has 21 heavy (non-hydrogen) atoms. The van der Waals surface area contributed by atoms with Gasteiger partial charge in [0, 0.05) is 18.3 Å². The first kappa shape index (κ1) is 13.8.